The zero-order valence-corrected chi connectivity index (χ0v) is 15.1. The van der Waals surface area contributed by atoms with Crippen molar-refractivity contribution in [3.63, 3.8) is 0 Å². The second-order valence-corrected chi connectivity index (χ2v) is 13.6. The first kappa shape index (κ1) is 15.1. The van der Waals surface area contributed by atoms with Crippen molar-refractivity contribution >= 4 is 14.0 Å². The number of ether oxygens (including phenoxy) is 1. The molecule has 0 amide bonds. The Labute approximate surface area is 129 Å². The third-order valence-electron chi connectivity index (χ3n) is 5.51. The van der Waals surface area contributed by atoms with Crippen molar-refractivity contribution in [2.75, 3.05) is 0 Å². The molecular weight excluding hydrogens is 276 g/mol. The van der Waals surface area contributed by atoms with Crippen LogP contribution >= 0.6 is 0 Å². The maximum absolute atomic E-state index is 12.4. The van der Waals surface area contributed by atoms with Crippen LogP contribution in [0.4, 0.5) is 0 Å². The van der Waals surface area contributed by atoms with E-state index in [4.69, 9.17) is 4.74 Å². The average molecular weight is 305 g/mol. The lowest BCUT2D eigenvalue weighted by Crippen LogP contribution is -2.39. The molecule has 0 aromatic heterocycles. The van der Waals surface area contributed by atoms with Gasteiger partial charge in [0.2, 0.25) is 0 Å². The summed E-state index contributed by atoms with van der Waals surface area (Å²) in [6.07, 6.45) is 6.08. The van der Waals surface area contributed by atoms with Gasteiger partial charge in [0.25, 0.3) is 0 Å². The van der Waals surface area contributed by atoms with Crippen molar-refractivity contribution in [1.82, 2.24) is 0 Å². The topological polar surface area (TPSA) is 26.3 Å². The minimum atomic E-state index is -1.40. The number of rotatable bonds is 1. The zero-order chi connectivity index (χ0) is 15.4. The molecule has 0 spiro atoms. The van der Waals surface area contributed by atoms with Gasteiger partial charge in [0, 0.05) is 11.5 Å². The van der Waals surface area contributed by atoms with E-state index in [-0.39, 0.29) is 17.5 Å². The quantitative estimate of drug-likeness (QED) is 0.305. The SMILES string of the molecule is CC1=C2[C@@H]3OC(=O)/C(=C/[Si](C)(C)C)[C@@H]3CC[C@@]2(C)CCC1. The minimum Gasteiger partial charge on any atom is -0.454 e. The predicted molar refractivity (Wildman–Crippen MR) is 88.7 cm³/mol. The molecule has 2 nitrogen and oxygen atoms in total. The first-order valence-corrected chi connectivity index (χ1v) is 11.9. The van der Waals surface area contributed by atoms with Gasteiger partial charge in [-0.05, 0) is 50.0 Å². The highest BCUT2D eigenvalue weighted by Gasteiger charge is 2.52. The van der Waals surface area contributed by atoms with Crippen LogP contribution < -0.4 is 0 Å². The normalized spacial score (nSPS) is 38.3. The smallest absolute Gasteiger partial charge is 0.334 e. The molecule has 1 aliphatic heterocycles. The van der Waals surface area contributed by atoms with Crippen molar-refractivity contribution in [3.8, 4) is 0 Å². The number of hydrogen-bond donors (Lipinski definition) is 0. The van der Waals surface area contributed by atoms with E-state index in [1.807, 2.05) is 0 Å². The highest BCUT2D eigenvalue weighted by atomic mass is 28.3. The molecule has 0 bridgehead atoms. The van der Waals surface area contributed by atoms with Crippen molar-refractivity contribution in [2.45, 2.75) is 71.7 Å². The fourth-order valence-corrected chi connectivity index (χ4v) is 5.89. The van der Waals surface area contributed by atoms with Gasteiger partial charge in [-0.25, -0.2) is 4.79 Å². The Kier molecular flexibility index (Phi) is 3.47. The highest BCUT2D eigenvalue weighted by Crippen LogP contribution is 2.55. The van der Waals surface area contributed by atoms with Gasteiger partial charge < -0.3 is 4.74 Å². The monoisotopic (exact) mass is 304 g/mol. The molecule has 116 valence electrons. The number of allylic oxidation sites excluding steroid dienone is 1. The van der Waals surface area contributed by atoms with Crippen molar-refractivity contribution < 1.29 is 9.53 Å². The predicted octanol–water partition coefficient (Wildman–Crippen LogP) is 4.63. The molecule has 3 aliphatic rings. The van der Waals surface area contributed by atoms with Crippen LogP contribution in [-0.4, -0.2) is 20.1 Å². The van der Waals surface area contributed by atoms with Gasteiger partial charge in [-0.2, -0.15) is 0 Å². The average Bonchev–Trinajstić information content (AvgIpc) is 2.63. The minimum absolute atomic E-state index is 0.0393. The van der Waals surface area contributed by atoms with Crippen LogP contribution in [0.25, 0.3) is 0 Å². The van der Waals surface area contributed by atoms with Crippen LogP contribution in [0.1, 0.15) is 46.0 Å². The number of carbonyl (C=O) groups excluding carboxylic acids is 1. The molecule has 21 heavy (non-hydrogen) atoms. The summed E-state index contributed by atoms with van der Waals surface area (Å²) in [4.78, 5) is 12.4. The molecule has 0 aromatic rings. The molecule has 2 fully saturated rings. The van der Waals surface area contributed by atoms with Gasteiger partial charge in [-0.1, -0.05) is 37.8 Å². The van der Waals surface area contributed by atoms with Gasteiger partial charge in [0.1, 0.15) is 6.10 Å². The van der Waals surface area contributed by atoms with Crippen LogP contribution in [0.15, 0.2) is 22.4 Å². The fourth-order valence-electron chi connectivity index (χ4n) is 4.63. The van der Waals surface area contributed by atoms with Crippen LogP contribution in [0.2, 0.25) is 19.6 Å². The van der Waals surface area contributed by atoms with Crippen LogP contribution in [0, 0.1) is 11.3 Å². The fraction of sp³-hybridized carbons (Fsp3) is 0.722. The Balaban J connectivity index is 2.02. The molecule has 2 aliphatic carbocycles. The second kappa shape index (κ2) is 4.84. The van der Waals surface area contributed by atoms with E-state index in [2.05, 4.69) is 39.2 Å². The van der Waals surface area contributed by atoms with E-state index >= 15 is 0 Å². The Hall–Kier alpha value is -0.833. The lowest BCUT2D eigenvalue weighted by molar-refractivity contribution is -0.138. The first-order chi connectivity index (χ1) is 9.71. The van der Waals surface area contributed by atoms with Crippen LogP contribution in [-0.2, 0) is 9.53 Å². The lowest BCUT2D eigenvalue weighted by atomic mass is 9.60. The van der Waals surface area contributed by atoms with Crippen molar-refractivity contribution in [3.05, 3.63) is 22.4 Å². The maximum Gasteiger partial charge on any atom is 0.334 e. The highest BCUT2D eigenvalue weighted by molar-refractivity contribution is 6.81. The number of carbonyl (C=O) groups is 1. The van der Waals surface area contributed by atoms with Gasteiger partial charge in [-0.15, -0.1) is 0 Å². The van der Waals surface area contributed by atoms with Crippen LogP contribution in [0.5, 0.6) is 0 Å². The van der Waals surface area contributed by atoms with Crippen molar-refractivity contribution in [1.29, 1.82) is 0 Å². The Bertz CT molecular complexity index is 538. The summed E-state index contributed by atoms with van der Waals surface area (Å²) in [6.45, 7) is 11.5. The molecule has 0 unspecified atom stereocenters. The number of fused-ring (bicyclic) bond motifs is 3. The standard InChI is InChI=1S/C18H28O2Si/c1-12-7-6-9-18(2)10-8-13-14(11-21(3,4)5)17(19)20-16(13)15(12)18/h11,13,16H,6-10H2,1-5H3/b14-11+/t13-,16+,18+/m0/s1. The van der Waals surface area contributed by atoms with Gasteiger partial charge in [-0.3, -0.25) is 0 Å². The first-order valence-electron chi connectivity index (χ1n) is 8.35. The zero-order valence-electron chi connectivity index (χ0n) is 14.1. The molecule has 1 heterocycles. The summed E-state index contributed by atoms with van der Waals surface area (Å²) in [5.41, 5.74) is 6.50. The summed E-state index contributed by atoms with van der Waals surface area (Å²) in [5, 5.41) is 0. The summed E-state index contributed by atoms with van der Waals surface area (Å²) in [7, 11) is -1.40. The van der Waals surface area contributed by atoms with E-state index in [9.17, 15) is 4.79 Å². The Morgan fingerprint density at radius 3 is 2.67 bits per heavy atom. The summed E-state index contributed by atoms with van der Waals surface area (Å²) < 4.78 is 5.89. The molecule has 3 heteroatoms. The third-order valence-corrected chi connectivity index (χ3v) is 6.68. The van der Waals surface area contributed by atoms with Crippen LogP contribution in [0.3, 0.4) is 0 Å². The number of esters is 1. The molecule has 0 radical (unpaired) electrons. The molecular formula is C18H28O2Si. The lowest BCUT2D eigenvalue weighted by Gasteiger charge is -2.45. The molecule has 0 N–H and O–H groups in total. The largest absolute Gasteiger partial charge is 0.454 e. The van der Waals surface area contributed by atoms with E-state index < -0.39 is 8.07 Å². The van der Waals surface area contributed by atoms with E-state index in [1.165, 1.54) is 36.8 Å². The molecule has 3 atom stereocenters. The maximum atomic E-state index is 12.4. The molecule has 3 rings (SSSR count). The van der Waals surface area contributed by atoms with Crippen molar-refractivity contribution in [2.24, 2.45) is 11.3 Å². The van der Waals surface area contributed by atoms with E-state index in [1.54, 1.807) is 0 Å². The summed E-state index contributed by atoms with van der Waals surface area (Å²) in [5.74, 6) is 0.280. The van der Waals surface area contributed by atoms with E-state index in [0.717, 1.165) is 12.0 Å². The third kappa shape index (κ3) is 2.54. The molecule has 1 saturated heterocycles. The van der Waals surface area contributed by atoms with Gasteiger partial charge >= 0.3 is 5.97 Å². The molecule has 1 saturated carbocycles. The molecule has 0 aromatic carbocycles. The Morgan fingerprint density at radius 1 is 1.29 bits per heavy atom. The van der Waals surface area contributed by atoms with Gasteiger partial charge in [0.15, 0.2) is 0 Å². The van der Waals surface area contributed by atoms with Gasteiger partial charge in [0.05, 0.1) is 8.07 Å². The summed E-state index contributed by atoms with van der Waals surface area (Å²) >= 11 is 0. The Morgan fingerprint density at radius 2 is 2.00 bits per heavy atom. The van der Waals surface area contributed by atoms with E-state index in [0.29, 0.717) is 5.92 Å². The second-order valence-electron chi connectivity index (χ2n) is 8.55. The summed E-state index contributed by atoms with van der Waals surface area (Å²) in [6, 6.07) is 0. The number of hydrogen-bond acceptors (Lipinski definition) is 2.